The van der Waals surface area contributed by atoms with Crippen molar-refractivity contribution in [2.75, 3.05) is 13.1 Å². The fraction of sp³-hybridized carbons (Fsp3) is 0.350. The fourth-order valence-corrected chi connectivity index (χ4v) is 6.99. The number of halogens is 2. The second-order valence-electron chi connectivity index (χ2n) is 7.89. The van der Waals surface area contributed by atoms with Crippen LogP contribution in [0.3, 0.4) is 0 Å². The van der Waals surface area contributed by atoms with E-state index in [1.807, 2.05) is 0 Å². The molecule has 5 aliphatic rings. The highest BCUT2D eigenvalue weighted by molar-refractivity contribution is 7.96. The molecule has 0 bridgehead atoms. The van der Waals surface area contributed by atoms with Gasteiger partial charge in [0, 0.05) is 37.1 Å². The highest BCUT2D eigenvalue weighted by Crippen LogP contribution is 2.39. The van der Waals surface area contributed by atoms with Crippen LogP contribution in [0.15, 0.2) is 70.3 Å². The standard InChI is InChI=1S/C20H20F2N4O4S2/c1-12-2-7-25-18(10-23-31-25)19(12)32(28,29)24-5-3-14(4-6-24)26-17-9-16(22)15(21)8-13(17)11-30-20(26)27/h2,7-11,14,17,23H,3-6H2,1H3. The number of rotatable bonds is 3. The Balaban J connectivity index is 1.35. The summed E-state index contributed by atoms with van der Waals surface area (Å²) in [6.45, 7) is 2.13. The number of fused-ring (bicyclic) bond motifs is 2. The van der Waals surface area contributed by atoms with E-state index in [1.54, 1.807) is 29.7 Å². The van der Waals surface area contributed by atoms with Gasteiger partial charge in [-0.3, -0.25) is 9.21 Å². The van der Waals surface area contributed by atoms with Crippen molar-refractivity contribution in [3.05, 3.63) is 70.3 Å². The molecule has 1 saturated heterocycles. The molecule has 8 nitrogen and oxygen atoms in total. The van der Waals surface area contributed by atoms with E-state index in [0.717, 1.165) is 18.4 Å². The zero-order valence-electron chi connectivity index (χ0n) is 17.0. The van der Waals surface area contributed by atoms with Crippen molar-refractivity contribution in [1.29, 1.82) is 0 Å². The summed E-state index contributed by atoms with van der Waals surface area (Å²) < 4.78 is 65.6. The van der Waals surface area contributed by atoms with Gasteiger partial charge in [-0.1, -0.05) is 0 Å². The first-order chi connectivity index (χ1) is 15.3. The number of sulfonamides is 1. The molecule has 0 aromatic heterocycles. The van der Waals surface area contributed by atoms with Gasteiger partial charge < -0.3 is 9.46 Å². The number of amides is 1. The minimum absolute atomic E-state index is 0.188. The smallest absolute Gasteiger partial charge is 0.415 e. The Labute approximate surface area is 188 Å². The van der Waals surface area contributed by atoms with E-state index >= 15 is 0 Å². The van der Waals surface area contributed by atoms with Crippen LogP contribution in [0.4, 0.5) is 13.6 Å². The lowest BCUT2D eigenvalue weighted by molar-refractivity contribution is 0.0801. The Morgan fingerprint density at radius 2 is 1.97 bits per heavy atom. The molecule has 0 aromatic carbocycles. The molecule has 170 valence electrons. The van der Waals surface area contributed by atoms with Crippen molar-refractivity contribution >= 4 is 28.3 Å². The largest absolute Gasteiger partial charge is 0.418 e. The number of ether oxygens (including phenoxy) is 1. The van der Waals surface area contributed by atoms with Crippen molar-refractivity contribution in [1.82, 2.24) is 18.2 Å². The lowest BCUT2D eigenvalue weighted by atomic mass is 9.95. The third-order valence-electron chi connectivity index (χ3n) is 6.02. The van der Waals surface area contributed by atoms with Gasteiger partial charge in [0.2, 0.25) is 10.0 Å². The topological polar surface area (TPSA) is 82.2 Å². The van der Waals surface area contributed by atoms with Crippen molar-refractivity contribution < 1.29 is 26.7 Å². The molecular formula is C20H20F2N4O4S2. The quantitative estimate of drug-likeness (QED) is 0.618. The van der Waals surface area contributed by atoms with Crippen molar-refractivity contribution in [2.45, 2.75) is 31.8 Å². The molecule has 4 heterocycles. The third kappa shape index (κ3) is 3.37. The van der Waals surface area contributed by atoms with Gasteiger partial charge in [0.1, 0.15) is 11.2 Å². The maximum Gasteiger partial charge on any atom is 0.415 e. The van der Waals surface area contributed by atoms with Gasteiger partial charge in [0.15, 0.2) is 11.7 Å². The van der Waals surface area contributed by atoms with E-state index in [0.29, 0.717) is 29.7 Å². The summed E-state index contributed by atoms with van der Waals surface area (Å²) >= 11 is 1.28. The van der Waals surface area contributed by atoms with Crippen LogP contribution in [0.2, 0.25) is 0 Å². The van der Waals surface area contributed by atoms with Crippen LogP contribution in [0.1, 0.15) is 19.8 Å². The molecule has 0 spiro atoms. The minimum atomic E-state index is -3.77. The fourth-order valence-electron chi connectivity index (χ4n) is 4.44. The number of carbonyl (C=O) groups excluding carboxylic acids is 1. The molecule has 0 saturated carbocycles. The van der Waals surface area contributed by atoms with Crippen LogP contribution >= 0.6 is 12.1 Å². The van der Waals surface area contributed by atoms with Gasteiger partial charge in [0.25, 0.3) is 0 Å². The van der Waals surface area contributed by atoms with E-state index in [-0.39, 0.29) is 24.0 Å². The van der Waals surface area contributed by atoms with Crippen molar-refractivity contribution in [3.63, 3.8) is 0 Å². The predicted molar refractivity (Wildman–Crippen MR) is 115 cm³/mol. The van der Waals surface area contributed by atoms with Crippen LogP contribution in [0.5, 0.6) is 0 Å². The number of hydrogen-bond acceptors (Lipinski definition) is 7. The number of nitrogens with one attached hydrogen (secondary N) is 1. The molecule has 5 rings (SSSR count). The van der Waals surface area contributed by atoms with Gasteiger partial charge in [-0.25, -0.2) is 22.0 Å². The number of allylic oxidation sites excluding steroid dienone is 4. The molecule has 1 unspecified atom stereocenters. The first-order valence-corrected chi connectivity index (χ1v) is 12.2. The summed E-state index contributed by atoms with van der Waals surface area (Å²) in [6, 6.07) is -1.15. The summed E-state index contributed by atoms with van der Waals surface area (Å²) in [5, 5.41) is 0. The second-order valence-corrected chi connectivity index (χ2v) is 10.6. The molecule has 4 aliphatic heterocycles. The summed E-state index contributed by atoms with van der Waals surface area (Å²) in [5.41, 5.74) is 1.56. The summed E-state index contributed by atoms with van der Waals surface area (Å²) in [5.74, 6) is -2.04. The van der Waals surface area contributed by atoms with Crippen LogP contribution in [-0.2, 0) is 14.8 Å². The number of hydrogen-bond donors (Lipinski definition) is 1. The number of nitrogens with zero attached hydrogens (tertiary/aromatic N) is 3. The molecule has 1 aliphatic carbocycles. The Morgan fingerprint density at radius 3 is 2.72 bits per heavy atom. The molecule has 1 atom stereocenters. The Hall–Kier alpha value is -2.57. The Morgan fingerprint density at radius 1 is 1.22 bits per heavy atom. The van der Waals surface area contributed by atoms with Gasteiger partial charge in [0.05, 0.1) is 23.9 Å². The molecule has 12 heteroatoms. The van der Waals surface area contributed by atoms with Gasteiger partial charge >= 0.3 is 6.09 Å². The first kappa shape index (κ1) is 21.3. The van der Waals surface area contributed by atoms with Crippen molar-refractivity contribution in [3.8, 4) is 0 Å². The Bertz CT molecular complexity index is 1160. The zero-order chi connectivity index (χ0) is 22.6. The molecule has 1 N–H and O–H groups in total. The third-order valence-corrected chi connectivity index (χ3v) is 8.85. The lowest BCUT2D eigenvalue weighted by Crippen LogP contribution is -2.54. The molecule has 0 aromatic rings. The number of piperidine rings is 1. The van der Waals surface area contributed by atoms with E-state index < -0.39 is 33.8 Å². The van der Waals surface area contributed by atoms with Crippen LogP contribution in [-0.4, -0.2) is 53.2 Å². The average molecular weight is 483 g/mol. The van der Waals surface area contributed by atoms with Crippen LogP contribution in [0, 0.1) is 0 Å². The maximum atomic E-state index is 13.9. The molecule has 1 amide bonds. The summed E-state index contributed by atoms with van der Waals surface area (Å²) in [6.07, 6.45) is 8.44. The lowest BCUT2D eigenvalue weighted by Gasteiger charge is -2.43. The molecular weight excluding hydrogens is 462 g/mol. The van der Waals surface area contributed by atoms with Crippen molar-refractivity contribution in [2.24, 2.45) is 0 Å². The normalized spacial score (nSPS) is 26.6. The summed E-state index contributed by atoms with van der Waals surface area (Å²) in [4.78, 5) is 14.1. The SMILES string of the molecule is CC1=C(S(=O)(=O)N2CCC(N3C(=O)OC=C4C=C(F)C(F)=CC43)CC2)C2=CNSN2C=C1. The molecule has 32 heavy (non-hydrogen) atoms. The average Bonchev–Trinajstić information content (AvgIpc) is 3.23. The van der Waals surface area contributed by atoms with E-state index in [1.165, 1.54) is 21.3 Å². The highest BCUT2D eigenvalue weighted by atomic mass is 32.2. The van der Waals surface area contributed by atoms with E-state index in [4.69, 9.17) is 4.74 Å². The van der Waals surface area contributed by atoms with Gasteiger partial charge in [-0.15, -0.1) is 0 Å². The maximum absolute atomic E-state index is 13.9. The molecule has 1 fully saturated rings. The Kier molecular flexibility index (Phi) is 5.18. The number of carbonyl (C=O) groups is 1. The predicted octanol–water partition coefficient (Wildman–Crippen LogP) is 3.32. The zero-order valence-corrected chi connectivity index (χ0v) is 18.6. The first-order valence-electron chi connectivity index (χ1n) is 10.0. The minimum Gasteiger partial charge on any atom is -0.418 e. The highest BCUT2D eigenvalue weighted by Gasteiger charge is 2.42. The van der Waals surface area contributed by atoms with E-state index in [2.05, 4.69) is 4.72 Å². The monoisotopic (exact) mass is 482 g/mol. The van der Waals surface area contributed by atoms with Gasteiger partial charge in [-0.2, -0.15) is 4.31 Å². The summed E-state index contributed by atoms with van der Waals surface area (Å²) in [7, 11) is -3.77. The molecule has 0 radical (unpaired) electrons. The van der Waals surface area contributed by atoms with E-state index in [9.17, 15) is 22.0 Å². The van der Waals surface area contributed by atoms with Crippen LogP contribution in [0.25, 0.3) is 0 Å². The second kappa shape index (κ2) is 7.78. The van der Waals surface area contributed by atoms with Crippen LogP contribution < -0.4 is 4.72 Å². The number of cyclic esters (lactones) is 1. The van der Waals surface area contributed by atoms with Gasteiger partial charge in [-0.05, 0) is 43.6 Å².